The van der Waals surface area contributed by atoms with Crippen LogP contribution in [0.2, 0.25) is 0 Å². The smallest absolute Gasteiger partial charge is 0.255 e. The summed E-state index contributed by atoms with van der Waals surface area (Å²) in [5.74, 6) is 1.81. The van der Waals surface area contributed by atoms with Gasteiger partial charge in [0.15, 0.2) is 0 Å². The van der Waals surface area contributed by atoms with Gasteiger partial charge in [0.2, 0.25) is 0 Å². The minimum absolute atomic E-state index is 0.119. The second-order valence-corrected chi connectivity index (χ2v) is 6.81. The van der Waals surface area contributed by atoms with Gasteiger partial charge in [-0.2, -0.15) is 0 Å². The van der Waals surface area contributed by atoms with E-state index in [1.54, 1.807) is 39.5 Å². The number of carbonyl (C=O) groups excluding carboxylic acids is 1. The number of benzene rings is 2. The van der Waals surface area contributed by atoms with Crippen LogP contribution in [0.4, 0.5) is 0 Å². The summed E-state index contributed by atoms with van der Waals surface area (Å²) in [6, 6.07) is 13.4. The number of hydrogen-bond acceptors (Lipinski definition) is 5. The van der Waals surface area contributed by atoms with E-state index in [1.165, 1.54) is 18.4 Å². The Hall–Kier alpha value is -2.73. The van der Waals surface area contributed by atoms with E-state index >= 15 is 0 Å². The lowest BCUT2D eigenvalue weighted by Crippen LogP contribution is -2.36. The van der Waals surface area contributed by atoms with E-state index in [0.717, 1.165) is 18.8 Å². The summed E-state index contributed by atoms with van der Waals surface area (Å²) in [6.45, 7) is 2.59. The fourth-order valence-electron chi connectivity index (χ4n) is 3.61. The van der Waals surface area contributed by atoms with E-state index in [2.05, 4.69) is 22.3 Å². The Bertz CT molecular complexity index is 786. The lowest BCUT2D eigenvalue weighted by molar-refractivity contribution is 0.0934. The fraction of sp³-hybridized carbons (Fsp3) is 0.409. The summed E-state index contributed by atoms with van der Waals surface area (Å²) in [4.78, 5) is 15.3. The molecule has 1 heterocycles. The molecule has 1 aliphatic rings. The predicted molar refractivity (Wildman–Crippen MR) is 108 cm³/mol. The van der Waals surface area contributed by atoms with Crippen LogP contribution in [0.15, 0.2) is 42.5 Å². The van der Waals surface area contributed by atoms with Gasteiger partial charge in [-0.1, -0.05) is 12.1 Å². The van der Waals surface area contributed by atoms with Crippen molar-refractivity contribution in [1.82, 2.24) is 10.2 Å². The van der Waals surface area contributed by atoms with Gasteiger partial charge < -0.3 is 19.5 Å². The summed E-state index contributed by atoms with van der Waals surface area (Å²) < 4.78 is 15.9. The van der Waals surface area contributed by atoms with Crippen LogP contribution in [0.5, 0.6) is 17.2 Å². The Morgan fingerprint density at radius 2 is 1.61 bits per heavy atom. The van der Waals surface area contributed by atoms with Gasteiger partial charge in [0.05, 0.1) is 32.9 Å². The molecule has 0 radical (unpaired) electrons. The first-order valence-corrected chi connectivity index (χ1v) is 9.54. The van der Waals surface area contributed by atoms with Crippen molar-refractivity contribution in [2.75, 3.05) is 41.0 Å². The first kappa shape index (κ1) is 20.0. The molecule has 0 saturated carbocycles. The van der Waals surface area contributed by atoms with Crippen LogP contribution in [0.1, 0.15) is 34.8 Å². The Balaban J connectivity index is 1.77. The molecule has 1 fully saturated rings. The maximum atomic E-state index is 12.9. The van der Waals surface area contributed by atoms with Gasteiger partial charge in [-0.05, 0) is 61.8 Å². The van der Waals surface area contributed by atoms with Gasteiger partial charge >= 0.3 is 0 Å². The predicted octanol–water partition coefficient (Wildman–Crippen LogP) is 3.28. The third kappa shape index (κ3) is 4.57. The number of nitrogens with one attached hydrogen (secondary N) is 1. The number of carbonyl (C=O) groups is 1. The zero-order valence-corrected chi connectivity index (χ0v) is 16.7. The topological polar surface area (TPSA) is 60.0 Å². The molecule has 0 spiro atoms. The number of nitrogens with zero attached hydrogens (tertiary/aromatic N) is 1. The van der Waals surface area contributed by atoms with Crippen molar-refractivity contribution in [2.45, 2.75) is 18.9 Å². The van der Waals surface area contributed by atoms with Crippen molar-refractivity contribution in [2.24, 2.45) is 0 Å². The van der Waals surface area contributed by atoms with Crippen molar-refractivity contribution in [3.63, 3.8) is 0 Å². The van der Waals surface area contributed by atoms with Gasteiger partial charge in [-0.25, -0.2) is 0 Å². The number of hydrogen-bond donors (Lipinski definition) is 1. The van der Waals surface area contributed by atoms with Crippen LogP contribution >= 0.6 is 0 Å². The molecule has 28 heavy (non-hydrogen) atoms. The standard InChI is InChI=1S/C22H28N2O4/c1-26-17-8-6-16(7-9-17)20(24-12-4-5-13-24)15-23-22(25)19-14-18(27-2)10-11-21(19)28-3/h6-11,14,20H,4-5,12-13,15H2,1-3H3,(H,23,25). The molecule has 1 amide bonds. The van der Waals surface area contributed by atoms with Crippen molar-refractivity contribution < 1.29 is 19.0 Å². The lowest BCUT2D eigenvalue weighted by atomic mass is 10.0. The molecule has 6 heteroatoms. The zero-order chi connectivity index (χ0) is 19.9. The molecule has 1 atom stereocenters. The minimum atomic E-state index is -0.173. The average molecular weight is 384 g/mol. The lowest BCUT2D eigenvalue weighted by Gasteiger charge is -2.28. The monoisotopic (exact) mass is 384 g/mol. The maximum Gasteiger partial charge on any atom is 0.255 e. The molecular weight excluding hydrogens is 356 g/mol. The van der Waals surface area contributed by atoms with Crippen LogP contribution in [0.25, 0.3) is 0 Å². The normalized spacial score (nSPS) is 15.1. The SMILES string of the molecule is COc1ccc(C(CNC(=O)c2cc(OC)ccc2OC)N2CCCC2)cc1. The summed E-state index contributed by atoms with van der Waals surface area (Å²) >= 11 is 0. The summed E-state index contributed by atoms with van der Waals surface area (Å²) in [6.07, 6.45) is 2.37. The third-order valence-corrected chi connectivity index (χ3v) is 5.19. The van der Waals surface area contributed by atoms with E-state index in [4.69, 9.17) is 14.2 Å². The highest BCUT2D eigenvalue weighted by Gasteiger charge is 2.25. The minimum Gasteiger partial charge on any atom is -0.497 e. The Labute approximate surface area is 166 Å². The zero-order valence-electron chi connectivity index (χ0n) is 16.7. The van der Waals surface area contributed by atoms with Crippen molar-refractivity contribution in [3.8, 4) is 17.2 Å². The molecule has 0 aliphatic carbocycles. The number of likely N-dealkylation sites (tertiary alicyclic amines) is 1. The van der Waals surface area contributed by atoms with Gasteiger partial charge in [-0.15, -0.1) is 0 Å². The van der Waals surface area contributed by atoms with Gasteiger partial charge in [0.25, 0.3) is 5.91 Å². The largest absolute Gasteiger partial charge is 0.497 e. The maximum absolute atomic E-state index is 12.9. The highest BCUT2D eigenvalue weighted by Crippen LogP contribution is 2.27. The second-order valence-electron chi connectivity index (χ2n) is 6.81. The van der Waals surface area contributed by atoms with Crippen LogP contribution in [-0.4, -0.2) is 51.8 Å². The molecule has 2 aromatic rings. The van der Waals surface area contributed by atoms with Crippen LogP contribution < -0.4 is 19.5 Å². The Kier molecular flexibility index (Phi) is 6.76. The number of rotatable bonds is 8. The van der Waals surface area contributed by atoms with E-state index in [0.29, 0.717) is 23.6 Å². The van der Waals surface area contributed by atoms with Crippen LogP contribution in [0, 0.1) is 0 Å². The number of methoxy groups -OCH3 is 3. The average Bonchev–Trinajstić information content (AvgIpc) is 3.28. The molecule has 0 aromatic heterocycles. The molecule has 6 nitrogen and oxygen atoms in total. The third-order valence-electron chi connectivity index (χ3n) is 5.19. The molecule has 3 rings (SSSR count). The van der Waals surface area contributed by atoms with E-state index in [1.807, 2.05) is 12.1 Å². The quantitative estimate of drug-likeness (QED) is 0.757. The van der Waals surface area contributed by atoms with Crippen molar-refractivity contribution in [1.29, 1.82) is 0 Å². The first-order chi connectivity index (χ1) is 13.7. The van der Waals surface area contributed by atoms with Gasteiger partial charge in [-0.3, -0.25) is 9.69 Å². The van der Waals surface area contributed by atoms with Crippen molar-refractivity contribution >= 4 is 5.91 Å². The molecular formula is C22H28N2O4. The first-order valence-electron chi connectivity index (χ1n) is 9.54. The Morgan fingerprint density at radius 3 is 2.21 bits per heavy atom. The highest BCUT2D eigenvalue weighted by atomic mass is 16.5. The summed E-state index contributed by atoms with van der Waals surface area (Å²) in [5.41, 5.74) is 1.64. The van der Waals surface area contributed by atoms with Gasteiger partial charge in [0, 0.05) is 6.54 Å². The van der Waals surface area contributed by atoms with E-state index in [9.17, 15) is 4.79 Å². The van der Waals surface area contributed by atoms with E-state index in [-0.39, 0.29) is 11.9 Å². The van der Waals surface area contributed by atoms with Crippen LogP contribution in [0.3, 0.4) is 0 Å². The highest BCUT2D eigenvalue weighted by molar-refractivity contribution is 5.97. The molecule has 1 saturated heterocycles. The molecule has 2 aromatic carbocycles. The molecule has 1 N–H and O–H groups in total. The summed E-state index contributed by atoms with van der Waals surface area (Å²) in [5, 5.41) is 3.08. The Morgan fingerprint density at radius 1 is 0.964 bits per heavy atom. The van der Waals surface area contributed by atoms with Crippen molar-refractivity contribution in [3.05, 3.63) is 53.6 Å². The second kappa shape index (κ2) is 9.46. The molecule has 1 aliphatic heterocycles. The molecule has 1 unspecified atom stereocenters. The fourth-order valence-corrected chi connectivity index (χ4v) is 3.61. The number of amides is 1. The molecule has 150 valence electrons. The summed E-state index contributed by atoms with van der Waals surface area (Å²) in [7, 11) is 4.80. The molecule has 0 bridgehead atoms. The van der Waals surface area contributed by atoms with Gasteiger partial charge in [0.1, 0.15) is 17.2 Å². The van der Waals surface area contributed by atoms with Crippen LogP contribution in [-0.2, 0) is 0 Å². The number of ether oxygens (including phenoxy) is 3. The van der Waals surface area contributed by atoms with E-state index < -0.39 is 0 Å².